The first-order valence-electron chi connectivity index (χ1n) is 7.52. The average molecular weight is 290 g/mol. The van der Waals surface area contributed by atoms with Crippen LogP contribution in [0.1, 0.15) is 38.5 Å². The SMILES string of the molecule is O=C(O)CCCC(=O)Nc1ccc(N2CCCCC2)cc1. The predicted octanol–water partition coefficient (Wildman–Crippen LogP) is 2.87. The first kappa shape index (κ1) is 15.4. The number of rotatable bonds is 6. The van der Waals surface area contributed by atoms with E-state index in [0.29, 0.717) is 6.42 Å². The molecule has 0 aromatic heterocycles. The van der Waals surface area contributed by atoms with Crippen LogP contribution in [0.5, 0.6) is 0 Å². The Morgan fingerprint density at radius 1 is 1.05 bits per heavy atom. The minimum Gasteiger partial charge on any atom is -0.481 e. The second-order valence-electron chi connectivity index (χ2n) is 5.39. The summed E-state index contributed by atoms with van der Waals surface area (Å²) >= 11 is 0. The molecule has 0 bridgehead atoms. The van der Waals surface area contributed by atoms with Crippen molar-refractivity contribution >= 4 is 23.3 Å². The number of nitrogens with zero attached hydrogens (tertiary/aromatic N) is 1. The van der Waals surface area contributed by atoms with Gasteiger partial charge in [0.1, 0.15) is 0 Å². The van der Waals surface area contributed by atoms with E-state index >= 15 is 0 Å². The molecule has 1 aromatic rings. The molecule has 0 saturated carbocycles. The number of amides is 1. The van der Waals surface area contributed by atoms with Crippen molar-refractivity contribution in [3.05, 3.63) is 24.3 Å². The van der Waals surface area contributed by atoms with Crippen molar-refractivity contribution in [2.24, 2.45) is 0 Å². The topological polar surface area (TPSA) is 69.6 Å². The summed E-state index contributed by atoms with van der Waals surface area (Å²) in [6.07, 6.45) is 4.42. The van der Waals surface area contributed by atoms with E-state index in [4.69, 9.17) is 5.11 Å². The van der Waals surface area contributed by atoms with Crippen molar-refractivity contribution in [1.29, 1.82) is 0 Å². The van der Waals surface area contributed by atoms with Crippen molar-refractivity contribution in [2.45, 2.75) is 38.5 Å². The molecule has 114 valence electrons. The number of nitrogens with one attached hydrogen (secondary N) is 1. The van der Waals surface area contributed by atoms with E-state index in [9.17, 15) is 9.59 Å². The molecule has 1 aliphatic heterocycles. The molecule has 0 radical (unpaired) electrons. The maximum Gasteiger partial charge on any atom is 0.303 e. The van der Waals surface area contributed by atoms with Gasteiger partial charge in [-0.25, -0.2) is 0 Å². The third-order valence-corrected chi connectivity index (χ3v) is 3.67. The summed E-state index contributed by atoms with van der Waals surface area (Å²) in [7, 11) is 0. The van der Waals surface area contributed by atoms with Gasteiger partial charge in [0, 0.05) is 37.3 Å². The van der Waals surface area contributed by atoms with Crippen LogP contribution < -0.4 is 10.2 Å². The zero-order chi connectivity index (χ0) is 15.1. The normalized spacial score (nSPS) is 14.8. The Bertz CT molecular complexity index is 479. The fourth-order valence-corrected chi connectivity index (χ4v) is 2.53. The van der Waals surface area contributed by atoms with Gasteiger partial charge in [0.25, 0.3) is 0 Å². The lowest BCUT2D eigenvalue weighted by molar-refractivity contribution is -0.137. The Labute approximate surface area is 125 Å². The molecule has 5 nitrogen and oxygen atoms in total. The second kappa shape index (κ2) is 7.67. The van der Waals surface area contributed by atoms with Gasteiger partial charge in [-0.15, -0.1) is 0 Å². The Kier molecular flexibility index (Phi) is 5.60. The van der Waals surface area contributed by atoms with Crippen LogP contribution in [-0.4, -0.2) is 30.1 Å². The van der Waals surface area contributed by atoms with Gasteiger partial charge in [-0.2, -0.15) is 0 Å². The average Bonchev–Trinajstić information content (AvgIpc) is 2.48. The Hall–Kier alpha value is -2.04. The van der Waals surface area contributed by atoms with E-state index in [1.807, 2.05) is 24.3 Å². The first-order valence-corrected chi connectivity index (χ1v) is 7.52. The molecule has 1 saturated heterocycles. The van der Waals surface area contributed by atoms with Gasteiger partial charge in [-0.3, -0.25) is 9.59 Å². The molecule has 1 amide bonds. The van der Waals surface area contributed by atoms with Gasteiger partial charge in [0.15, 0.2) is 0 Å². The summed E-state index contributed by atoms with van der Waals surface area (Å²) in [5.41, 5.74) is 1.95. The van der Waals surface area contributed by atoms with Gasteiger partial charge in [-0.05, 0) is 49.9 Å². The molecule has 0 unspecified atom stereocenters. The van der Waals surface area contributed by atoms with Crippen molar-refractivity contribution in [3.63, 3.8) is 0 Å². The lowest BCUT2D eigenvalue weighted by atomic mass is 10.1. The summed E-state index contributed by atoms with van der Waals surface area (Å²) in [6.45, 7) is 2.20. The number of anilines is 2. The highest BCUT2D eigenvalue weighted by Gasteiger charge is 2.11. The van der Waals surface area contributed by atoms with Crippen molar-refractivity contribution in [2.75, 3.05) is 23.3 Å². The molecule has 1 heterocycles. The van der Waals surface area contributed by atoms with Gasteiger partial charge in [0.05, 0.1) is 0 Å². The summed E-state index contributed by atoms with van der Waals surface area (Å²) in [4.78, 5) is 24.4. The Morgan fingerprint density at radius 3 is 2.33 bits per heavy atom. The van der Waals surface area contributed by atoms with E-state index in [0.717, 1.165) is 18.8 Å². The molecule has 2 rings (SSSR count). The zero-order valence-corrected chi connectivity index (χ0v) is 12.2. The van der Waals surface area contributed by atoms with Gasteiger partial charge in [0.2, 0.25) is 5.91 Å². The van der Waals surface area contributed by atoms with Crippen LogP contribution in [0.25, 0.3) is 0 Å². The number of aliphatic carboxylic acids is 1. The Balaban J connectivity index is 1.81. The smallest absolute Gasteiger partial charge is 0.303 e. The van der Waals surface area contributed by atoms with E-state index in [-0.39, 0.29) is 18.7 Å². The number of hydrogen-bond acceptors (Lipinski definition) is 3. The van der Waals surface area contributed by atoms with Crippen LogP contribution in [0.2, 0.25) is 0 Å². The largest absolute Gasteiger partial charge is 0.481 e. The van der Waals surface area contributed by atoms with E-state index in [1.54, 1.807) is 0 Å². The summed E-state index contributed by atoms with van der Waals surface area (Å²) in [5, 5.41) is 11.3. The van der Waals surface area contributed by atoms with Crippen molar-refractivity contribution in [3.8, 4) is 0 Å². The first-order chi connectivity index (χ1) is 10.1. The summed E-state index contributed by atoms with van der Waals surface area (Å²) in [6, 6.07) is 7.86. The molecule has 0 spiro atoms. The zero-order valence-electron chi connectivity index (χ0n) is 12.2. The minimum atomic E-state index is -0.867. The fourth-order valence-electron chi connectivity index (χ4n) is 2.53. The molecule has 0 aliphatic carbocycles. The summed E-state index contributed by atoms with van der Waals surface area (Å²) in [5.74, 6) is -1.00. The number of carboxylic acids is 1. The maximum absolute atomic E-state index is 11.7. The number of benzene rings is 1. The van der Waals surface area contributed by atoms with Crippen LogP contribution >= 0.6 is 0 Å². The second-order valence-corrected chi connectivity index (χ2v) is 5.39. The molecule has 1 fully saturated rings. The molecular weight excluding hydrogens is 268 g/mol. The number of hydrogen-bond donors (Lipinski definition) is 2. The van der Waals surface area contributed by atoms with Crippen LogP contribution in [0.4, 0.5) is 11.4 Å². The standard InChI is InChI=1S/C16H22N2O3/c19-15(5-4-6-16(20)21)17-13-7-9-14(10-8-13)18-11-2-1-3-12-18/h7-10H,1-6,11-12H2,(H,17,19)(H,20,21). The predicted molar refractivity (Wildman–Crippen MR) is 82.6 cm³/mol. The van der Waals surface area contributed by atoms with Crippen LogP contribution in [-0.2, 0) is 9.59 Å². The molecule has 2 N–H and O–H groups in total. The monoisotopic (exact) mass is 290 g/mol. The maximum atomic E-state index is 11.7. The Morgan fingerprint density at radius 2 is 1.71 bits per heavy atom. The van der Waals surface area contributed by atoms with Crippen molar-refractivity contribution in [1.82, 2.24) is 0 Å². The molecular formula is C16H22N2O3. The summed E-state index contributed by atoms with van der Waals surface area (Å²) < 4.78 is 0. The van der Waals surface area contributed by atoms with Crippen LogP contribution in [0.3, 0.4) is 0 Å². The molecule has 0 atom stereocenters. The lowest BCUT2D eigenvalue weighted by Gasteiger charge is -2.28. The van der Waals surface area contributed by atoms with E-state index in [2.05, 4.69) is 10.2 Å². The van der Waals surface area contributed by atoms with Crippen LogP contribution in [0, 0.1) is 0 Å². The third kappa shape index (κ3) is 5.10. The number of carboxylic acid groups (broad SMARTS) is 1. The number of carbonyl (C=O) groups excluding carboxylic acids is 1. The van der Waals surface area contributed by atoms with E-state index in [1.165, 1.54) is 24.9 Å². The highest BCUT2D eigenvalue weighted by molar-refractivity contribution is 5.91. The van der Waals surface area contributed by atoms with Crippen LogP contribution in [0.15, 0.2) is 24.3 Å². The van der Waals surface area contributed by atoms with E-state index < -0.39 is 5.97 Å². The quantitative estimate of drug-likeness (QED) is 0.845. The lowest BCUT2D eigenvalue weighted by Crippen LogP contribution is -2.29. The molecule has 5 heteroatoms. The fraction of sp³-hybridized carbons (Fsp3) is 0.500. The third-order valence-electron chi connectivity index (χ3n) is 3.67. The van der Waals surface area contributed by atoms with Gasteiger partial charge >= 0.3 is 5.97 Å². The van der Waals surface area contributed by atoms with Gasteiger partial charge in [-0.1, -0.05) is 0 Å². The minimum absolute atomic E-state index is 0.0291. The highest BCUT2D eigenvalue weighted by atomic mass is 16.4. The molecule has 1 aromatic carbocycles. The van der Waals surface area contributed by atoms with Crippen molar-refractivity contribution < 1.29 is 14.7 Å². The molecule has 1 aliphatic rings. The van der Waals surface area contributed by atoms with Gasteiger partial charge < -0.3 is 15.3 Å². The number of piperidine rings is 1. The number of carbonyl (C=O) groups is 2. The highest BCUT2D eigenvalue weighted by Crippen LogP contribution is 2.21. The molecule has 21 heavy (non-hydrogen) atoms.